The topological polar surface area (TPSA) is 84.6 Å². The zero-order valence-corrected chi connectivity index (χ0v) is 24.1. The third-order valence-corrected chi connectivity index (χ3v) is 7.61. The molecule has 4 rings (SSSR count). The second-order valence-electron chi connectivity index (χ2n) is 11.0. The van der Waals surface area contributed by atoms with Crippen molar-refractivity contribution >= 4 is 11.7 Å². The van der Waals surface area contributed by atoms with Crippen molar-refractivity contribution in [2.24, 2.45) is 5.73 Å². The smallest absolute Gasteiger partial charge is 0.231 e. The maximum Gasteiger partial charge on any atom is 0.231 e. The Balaban J connectivity index is 1.74. The number of anilines is 1. The van der Waals surface area contributed by atoms with Crippen molar-refractivity contribution in [2.45, 2.75) is 67.0 Å². The van der Waals surface area contributed by atoms with Gasteiger partial charge < -0.3 is 15.4 Å². The van der Waals surface area contributed by atoms with E-state index >= 15 is 0 Å². The average Bonchev–Trinajstić information content (AvgIpc) is 2.84. The number of carbonyl (C=O) groups is 1. The van der Waals surface area contributed by atoms with Gasteiger partial charge in [0.05, 0.1) is 17.8 Å². The fraction of sp³-hybridized carbons (Fsp3) is 0.452. The van der Waals surface area contributed by atoms with E-state index in [0.29, 0.717) is 36.8 Å². The van der Waals surface area contributed by atoms with Crippen molar-refractivity contribution in [3.63, 3.8) is 0 Å². The fourth-order valence-corrected chi connectivity index (χ4v) is 5.33. The minimum Gasteiger partial charge on any atom is -0.488 e. The maximum atomic E-state index is 14.5. The van der Waals surface area contributed by atoms with Crippen molar-refractivity contribution in [1.29, 1.82) is 0 Å². The lowest BCUT2D eigenvalue weighted by molar-refractivity contribution is -0.119. The van der Waals surface area contributed by atoms with Gasteiger partial charge in [-0.05, 0) is 74.9 Å². The summed E-state index contributed by atoms with van der Waals surface area (Å²) < 4.78 is 20.8. The van der Waals surface area contributed by atoms with E-state index in [9.17, 15) is 9.18 Å². The molecule has 1 fully saturated rings. The van der Waals surface area contributed by atoms with E-state index in [4.69, 9.17) is 20.4 Å². The molecule has 3 aromatic rings. The van der Waals surface area contributed by atoms with Gasteiger partial charge >= 0.3 is 0 Å². The highest BCUT2D eigenvalue weighted by atomic mass is 19.1. The molecule has 8 heteroatoms. The molecule has 2 N–H and O–H groups in total. The fourth-order valence-electron chi connectivity index (χ4n) is 5.33. The number of nitrogens with zero attached hydrogens (tertiary/aromatic N) is 4. The van der Waals surface area contributed by atoms with Crippen molar-refractivity contribution < 1.29 is 13.9 Å². The van der Waals surface area contributed by atoms with Crippen LogP contribution < -0.4 is 15.4 Å². The number of aryl methyl sites for hydroxylation is 4. The third kappa shape index (κ3) is 6.22. The molecular weight excluding hydrogens is 493 g/mol. The molecule has 2 aromatic carbocycles. The van der Waals surface area contributed by atoms with Crippen LogP contribution in [0, 0.1) is 33.5 Å². The number of halogens is 1. The molecule has 1 saturated heterocycles. The number of aromatic nitrogens is 2. The molecule has 0 bridgehead atoms. The first-order valence-corrected chi connectivity index (χ1v) is 13.6. The first-order chi connectivity index (χ1) is 18.5. The number of piperazine rings is 1. The molecule has 0 aliphatic carbocycles. The van der Waals surface area contributed by atoms with E-state index in [2.05, 4.69) is 42.7 Å². The highest BCUT2D eigenvalue weighted by Gasteiger charge is 2.28. The van der Waals surface area contributed by atoms with E-state index < -0.39 is 0 Å². The predicted molar refractivity (Wildman–Crippen MR) is 154 cm³/mol. The van der Waals surface area contributed by atoms with Crippen LogP contribution in [0.25, 0.3) is 11.4 Å². The van der Waals surface area contributed by atoms with Crippen LogP contribution in [0.5, 0.6) is 5.75 Å². The highest BCUT2D eigenvalue weighted by molar-refractivity contribution is 5.76. The van der Waals surface area contributed by atoms with E-state index in [1.165, 1.54) is 0 Å². The summed E-state index contributed by atoms with van der Waals surface area (Å²) in [7, 11) is 0. The van der Waals surface area contributed by atoms with E-state index in [-0.39, 0.29) is 36.8 Å². The number of carbonyl (C=O) groups excluding carboxylic acids is 1. The molecule has 1 atom stereocenters. The lowest BCUT2D eigenvalue weighted by Gasteiger charge is -2.40. The quantitative estimate of drug-likeness (QED) is 0.428. The van der Waals surface area contributed by atoms with Crippen LogP contribution >= 0.6 is 0 Å². The van der Waals surface area contributed by atoms with Gasteiger partial charge in [0, 0.05) is 31.2 Å². The summed E-state index contributed by atoms with van der Waals surface area (Å²) in [5, 5.41) is 0. The minimum atomic E-state index is -0.324. The summed E-state index contributed by atoms with van der Waals surface area (Å²) in [4.78, 5) is 26.0. The molecule has 7 nitrogen and oxygen atoms in total. The van der Waals surface area contributed by atoms with Crippen LogP contribution in [0.3, 0.4) is 0 Å². The lowest BCUT2D eigenvalue weighted by atomic mass is 10.0. The second kappa shape index (κ2) is 11.7. The summed E-state index contributed by atoms with van der Waals surface area (Å²) in [5.41, 5.74) is 11.9. The standard InChI is InChI=1S/C31H40FN5O2/c1-18(2)24-14-27(21(5)13-26(24)32)39-17-25-23(7)34-30(29-19(3)9-8-10-20(29)4)35-31(25)37-12-11-36(16-28(33)38)22(6)15-37/h8-10,13-14,18,22H,11-12,15-17H2,1-7H3,(H2,33,38)/t22-/m1/s1. The molecule has 0 unspecified atom stereocenters. The zero-order chi connectivity index (χ0) is 28.4. The predicted octanol–water partition coefficient (Wildman–Crippen LogP) is 5.21. The normalized spacial score (nSPS) is 16.1. The molecule has 39 heavy (non-hydrogen) atoms. The number of hydrogen-bond acceptors (Lipinski definition) is 6. The molecule has 208 valence electrons. The van der Waals surface area contributed by atoms with Crippen LogP contribution in [-0.4, -0.2) is 53.0 Å². The monoisotopic (exact) mass is 533 g/mol. The van der Waals surface area contributed by atoms with Gasteiger partial charge in [0.1, 0.15) is 24.0 Å². The molecule has 2 heterocycles. The summed E-state index contributed by atoms with van der Waals surface area (Å²) >= 11 is 0. The summed E-state index contributed by atoms with van der Waals surface area (Å²) in [6.45, 7) is 16.6. The molecule has 0 radical (unpaired) electrons. The second-order valence-corrected chi connectivity index (χ2v) is 11.0. The summed E-state index contributed by atoms with van der Waals surface area (Å²) in [5.74, 6) is 1.68. The van der Waals surface area contributed by atoms with E-state index in [0.717, 1.165) is 39.3 Å². The SMILES string of the molecule is Cc1cc(F)c(C(C)C)cc1OCc1c(C)nc(-c2c(C)cccc2C)nc1N1CCN(CC(N)=O)[C@H](C)C1. The van der Waals surface area contributed by atoms with Crippen LogP contribution in [0.4, 0.5) is 10.2 Å². The zero-order valence-electron chi connectivity index (χ0n) is 24.1. The van der Waals surface area contributed by atoms with E-state index in [1.807, 2.05) is 33.8 Å². The Morgan fingerprint density at radius 2 is 1.79 bits per heavy atom. The Morgan fingerprint density at radius 3 is 2.41 bits per heavy atom. The number of ether oxygens (including phenoxy) is 1. The van der Waals surface area contributed by atoms with Crippen LogP contribution in [0.2, 0.25) is 0 Å². The number of benzene rings is 2. The van der Waals surface area contributed by atoms with Gasteiger partial charge in [0.25, 0.3) is 0 Å². The first kappa shape index (κ1) is 28.5. The molecule has 1 aliphatic rings. The van der Waals surface area contributed by atoms with Crippen molar-refractivity contribution in [2.75, 3.05) is 31.1 Å². The van der Waals surface area contributed by atoms with E-state index in [1.54, 1.807) is 12.1 Å². The van der Waals surface area contributed by atoms with Gasteiger partial charge in [-0.1, -0.05) is 32.0 Å². The number of hydrogen-bond donors (Lipinski definition) is 1. The highest BCUT2D eigenvalue weighted by Crippen LogP contribution is 2.33. The van der Waals surface area contributed by atoms with Crippen LogP contribution in [0.1, 0.15) is 60.2 Å². The van der Waals surface area contributed by atoms with Crippen LogP contribution in [0.15, 0.2) is 30.3 Å². The van der Waals surface area contributed by atoms with Gasteiger partial charge in [-0.25, -0.2) is 14.4 Å². The van der Waals surface area contributed by atoms with Gasteiger partial charge in [-0.3, -0.25) is 9.69 Å². The summed E-state index contributed by atoms with van der Waals surface area (Å²) in [6.07, 6.45) is 0. The lowest BCUT2D eigenvalue weighted by Crippen LogP contribution is -2.54. The molecule has 0 spiro atoms. The van der Waals surface area contributed by atoms with Crippen molar-refractivity contribution in [1.82, 2.24) is 14.9 Å². The Kier molecular flexibility index (Phi) is 8.54. The maximum absolute atomic E-state index is 14.5. The van der Waals surface area contributed by atoms with Crippen molar-refractivity contribution in [3.05, 3.63) is 69.7 Å². The van der Waals surface area contributed by atoms with Gasteiger partial charge in [-0.2, -0.15) is 0 Å². The van der Waals surface area contributed by atoms with Crippen LogP contribution in [-0.2, 0) is 11.4 Å². The Bertz CT molecular complexity index is 1350. The number of amides is 1. The molecule has 1 aliphatic heterocycles. The van der Waals surface area contributed by atoms with Gasteiger partial charge in [-0.15, -0.1) is 0 Å². The Labute approximate surface area is 231 Å². The Hall–Kier alpha value is -3.52. The van der Waals surface area contributed by atoms with Gasteiger partial charge in [0.2, 0.25) is 5.91 Å². The molecular formula is C31H40FN5O2. The molecule has 1 amide bonds. The average molecular weight is 534 g/mol. The summed E-state index contributed by atoms with van der Waals surface area (Å²) in [6, 6.07) is 9.66. The van der Waals surface area contributed by atoms with Crippen molar-refractivity contribution in [3.8, 4) is 17.1 Å². The number of primary amides is 1. The molecule has 1 aromatic heterocycles. The molecule has 0 saturated carbocycles. The Morgan fingerprint density at radius 1 is 1.10 bits per heavy atom. The number of nitrogens with two attached hydrogens (primary N) is 1. The van der Waals surface area contributed by atoms with Gasteiger partial charge in [0.15, 0.2) is 5.82 Å². The number of rotatable bonds is 8. The third-order valence-electron chi connectivity index (χ3n) is 7.61. The minimum absolute atomic E-state index is 0.0448. The first-order valence-electron chi connectivity index (χ1n) is 13.6. The largest absolute Gasteiger partial charge is 0.488 e.